The van der Waals surface area contributed by atoms with Crippen molar-refractivity contribution in [1.82, 2.24) is 20.2 Å². The number of hydrogen-bond acceptors (Lipinski definition) is 6. The van der Waals surface area contributed by atoms with E-state index in [0.29, 0.717) is 25.3 Å². The summed E-state index contributed by atoms with van der Waals surface area (Å²) >= 11 is 0. The van der Waals surface area contributed by atoms with Gasteiger partial charge in [-0.1, -0.05) is 12.1 Å². The zero-order valence-corrected chi connectivity index (χ0v) is 17.9. The van der Waals surface area contributed by atoms with Crippen LogP contribution >= 0.6 is 0 Å². The Bertz CT molecular complexity index is 815. The first-order valence-corrected chi connectivity index (χ1v) is 10.7. The lowest BCUT2D eigenvalue weighted by molar-refractivity contribution is -0.129. The molecule has 7 nitrogen and oxygen atoms in total. The second kappa shape index (κ2) is 11.0. The van der Waals surface area contributed by atoms with Crippen LogP contribution in [-0.2, 0) is 17.6 Å². The minimum atomic E-state index is -0.728. The molecule has 1 aromatic carbocycles. The highest BCUT2D eigenvalue weighted by molar-refractivity contribution is 5.75. The molecule has 1 amide bonds. The molecule has 1 aliphatic heterocycles. The Hall–Kier alpha value is -2.51. The molecule has 0 spiro atoms. The number of benzene rings is 1. The Balaban J connectivity index is 1.42. The highest BCUT2D eigenvalue weighted by Crippen LogP contribution is 2.29. The molecule has 0 saturated carbocycles. The van der Waals surface area contributed by atoms with Crippen LogP contribution in [0, 0.1) is 0 Å². The molecule has 1 aromatic heterocycles. The van der Waals surface area contributed by atoms with Crippen molar-refractivity contribution in [3.63, 3.8) is 0 Å². The smallest absolute Gasteiger partial charge is 0.222 e. The standard InChI is InChI=1S/C23H32N4O3/c1-3-27(2)22(29)7-4-6-17-8-11-21-18(14-17)9-10-19(30-21)15-24-16-20(28)23-25-12-5-13-26-23/h5,8,11-14,19-20,24,28H,3-4,6-7,9-10,15-16H2,1-2H3. The lowest BCUT2D eigenvalue weighted by atomic mass is 9.98. The van der Waals surface area contributed by atoms with Gasteiger partial charge in [-0.2, -0.15) is 0 Å². The van der Waals surface area contributed by atoms with Crippen molar-refractivity contribution in [2.75, 3.05) is 26.7 Å². The maximum atomic E-state index is 11.9. The minimum absolute atomic E-state index is 0.0782. The number of ether oxygens (including phenoxy) is 1. The molecule has 162 valence electrons. The maximum Gasteiger partial charge on any atom is 0.222 e. The predicted octanol–water partition coefficient (Wildman–Crippen LogP) is 2.29. The van der Waals surface area contributed by atoms with Crippen molar-refractivity contribution in [1.29, 1.82) is 0 Å². The van der Waals surface area contributed by atoms with Crippen molar-refractivity contribution < 1.29 is 14.6 Å². The zero-order valence-electron chi connectivity index (χ0n) is 17.9. The predicted molar refractivity (Wildman–Crippen MR) is 115 cm³/mol. The average molecular weight is 413 g/mol. The largest absolute Gasteiger partial charge is 0.489 e. The van der Waals surface area contributed by atoms with Gasteiger partial charge in [0.2, 0.25) is 5.91 Å². The third kappa shape index (κ3) is 6.24. The molecular weight excluding hydrogens is 380 g/mol. The van der Waals surface area contributed by atoms with Crippen LogP contribution in [0.5, 0.6) is 5.75 Å². The highest BCUT2D eigenvalue weighted by Gasteiger charge is 2.20. The van der Waals surface area contributed by atoms with Crippen LogP contribution in [0.1, 0.15) is 49.2 Å². The summed E-state index contributed by atoms with van der Waals surface area (Å²) in [5.41, 5.74) is 2.49. The number of aryl methyl sites for hydroxylation is 2. The van der Waals surface area contributed by atoms with E-state index in [-0.39, 0.29) is 12.0 Å². The van der Waals surface area contributed by atoms with Gasteiger partial charge in [-0.05, 0) is 55.9 Å². The second-order valence-electron chi connectivity index (χ2n) is 7.76. The molecule has 30 heavy (non-hydrogen) atoms. The van der Waals surface area contributed by atoms with Crippen LogP contribution in [-0.4, -0.2) is 58.7 Å². The van der Waals surface area contributed by atoms with E-state index in [0.717, 1.165) is 38.0 Å². The summed E-state index contributed by atoms with van der Waals surface area (Å²) < 4.78 is 6.13. The lowest BCUT2D eigenvalue weighted by Crippen LogP contribution is -2.36. The molecule has 1 aliphatic rings. The summed E-state index contributed by atoms with van der Waals surface area (Å²) in [6.07, 6.45) is 6.86. The maximum absolute atomic E-state index is 11.9. The van der Waals surface area contributed by atoms with Gasteiger partial charge >= 0.3 is 0 Å². The van der Waals surface area contributed by atoms with E-state index >= 15 is 0 Å². The first kappa shape index (κ1) is 22.2. The number of aliphatic hydroxyl groups is 1. The molecular formula is C23H32N4O3. The molecule has 0 radical (unpaired) electrons. The number of nitrogens with one attached hydrogen (secondary N) is 1. The number of nitrogens with zero attached hydrogens (tertiary/aromatic N) is 3. The summed E-state index contributed by atoms with van der Waals surface area (Å²) in [4.78, 5) is 21.8. The number of carbonyl (C=O) groups excluding carboxylic acids is 1. The summed E-state index contributed by atoms with van der Waals surface area (Å²) in [7, 11) is 1.85. The zero-order chi connectivity index (χ0) is 21.3. The number of aromatic nitrogens is 2. The van der Waals surface area contributed by atoms with Crippen LogP contribution < -0.4 is 10.1 Å². The van der Waals surface area contributed by atoms with Crippen molar-refractivity contribution in [3.8, 4) is 5.75 Å². The highest BCUT2D eigenvalue weighted by atomic mass is 16.5. The van der Waals surface area contributed by atoms with Crippen LogP contribution in [0.4, 0.5) is 0 Å². The fourth-order valence-corrected chi connectivity index (χ4v) is 3.56. The Morgan fingerprint density at radius 3 is 2.93 bits per heavy atom. The van der Waals surface area contributed by atoms with Gasteiger partial charge in [0.05, 0.1) is 0 Å². The van der Waals surface area contributed by atoms with Gasteiger partial charge in [-0.15, -0.1) is 0 Å². The molecule has 0 saturated heterocycles. The van der Waals surface area contributed by atoms with Gasteiger partial charge in [-0.25, -0.2) is 9.97 Å². The molecule has 2 unspecified atom stereocenters. The van der Waals surface area contributed by atoms with Crippen molar-refractivity contribution in [3.05, 3.63) is 53.6 Å². The fourth-order valence-electron chi connectivity index (χ4n) is 3.56. The van der Waals surface area contributed by atoms with E-state index in [1.807, 2.05) is 20.0 Å². The Kier molecular flexibility index (Phi) is 8.16. The van der Waals surface area contributed by atoms with Gasteiger partial charge in [0.1, 0.15) is 18.0 Å². The molecule has 0 bridgehead atoms. The molecule has 2 heterocycles. The average Bonchev–Trinajstić information content (AvgIpc) is 2.78. The normalized spacial score (nSPS) is 16.4. The molecule has 2 N–H and O–H groups in total. The van der Waals surface area contributed by atoms with E-state index in [1.54, 1.807) is 23.4 Å². The molecule has 7 heteroatoms. The van der Waals surface area contributed by atoms with E-state index in [2.05, 4.69) is 27.4 Å². The van der Waals surface area contributed by atoms with Crippen molar-refractivity contribution in [2.24, 2.45) is 0 Å². The quantitative estimate of drug-likeness (QED) is 0.623. The lowest BCUT2D eigenvalue weighted by Gasteiger charge is -2.27. The Morgan fingerprint density at radius 1 is 1.37 bits per heavy atom. The fraction of sp³-hybridized carbons (Fsp3) is 0.522. The van der Waals surface area contributed by atoms with Crippen molar-refractivity contribution in [2.45, 2.75) is 51.2 Å². The summed E-state index contributed by atoms with van der Waals surface area (Å²) in [5, 5.41) is 13.4. The SMILES string of the molecule is CCN(C)C(=O)CCCc1ccc2c(c1)CCC(CNCC(O)c1ncccn1)O2. The number of hydrogen-bond donors (Lipinski definition) is 2. The summed E-state index contributed by atoms with van der Waals surface area (Å²) in [5.74, 6) is 1.57. The summed E-state index contributed by atoms with van der Waals surface area (Å²) in [6, 6.07) is 8.08. The molecule has 2 aromatic rings. The van der Waals surface area contributed by atoms with Crippen LogP contribution in [0.2, 0.25) is 0 Å². The monoisotopic (exact) mass is 412 g/mol. The minimum Gasteiger partial charge on any atom is -0.489 e. The number of carbonyl (C=O) groups is 1. The Labute approximate surface area is 178 Å². The van der Waals surface area contributed by atoms with Gasteiger partial charge in [0, 0.05) is 45.5 Å². The summed E-state index contributed by atoms with van der Waals surface area (Å²) in [6.45, 7) is 3.80. The first-order chi connectivity index (χ1) is 14.6. The second-order valence-corrected chi connectivity index (χ2v) is 7.76. The number of amides is 1. The Morgan fingerprint density at radius 2 is 2.17 bits per heavy atom. The van der Waals surface area contributed by atoms with E-state index < -0.39 is 6.10 Å². The third-order valence-corrected chi connectivity index (χ3v) is 5.50. The van der Waals surface area contributed by atoms with Crippen molar-refractivity contribution >= 4 is 5.91 Å². The van der Waals surface area contributed by atoms with Gasteiger partial charge in [-0.3, -0.25) is 4.79 Å². The van der Waals surface area contributed by atoms with Gasteiger partial charge in [0.15, 0.2) is 5.82 Å². The van der Waals surface area contributed by atoms with Crippen LogP contribution in [0.3, 0.4) is 0 Å². The first-order valence-electron chi connectivity index (χ1n) is 10.7. The van der Waals surface area contributed by atoms with E-state index in [4.69, 9.17) is 4.74 Å². The topological polar surface area (TPSA) is 87.6 Å². The third-order valence-electron chi connectivity index (χ3n) is 5.50. The number of aliphatic hydroxyl groups excluding tert-OH is 1. The molecule has 0 aliphatic carbocycles. The van der Waals surface area contributed by atoms with Gasteiger partial charge in [0.25, 0.3) is 0 Å². The number of fused-ring (bicyclic) bond motifs is 1. The van der Waals surface area contributed by atoms with E-state index in [1.165, 1.54) is 11.1 Å². The number of rotatable bonds is 10. The van der Waals surface area contributed by atoms with Crippen LogP contribution in [0.25, 0.3) is 0 Å². The van der Waals surface area contributed by atoms with Gasteiger partial charge < -0.3 is 20.1 Å². The molecule has 2 atom stereocenters. The molecule has 3 rings (SSSR count). The van der Waals surface area contributed by atoms with Crippen LogP contribution in [0.15, 0.2) is 36.7 Å². The van der Waals surface area contributed by atoms with E-state index in [9.17, 15) is 9.90 Å². The molecule has 0 fully saturated rings.